The lowest BCUT2D eigenvalue weighted by molar-refractivity contribution is -0.122. The highest BCUT2D eigenvalue weighted by molar-refractivity contribution is 8.18. The van der Waals surface area contributed by atoms with Crippen LogP contribution in [0.3, 0.4) is 0 Å². The van der Waals surface area contributed by atoms with Crippen molar-refractivity contribution in [2.75, 3.05) is 6.54 Å². The Morgan fingerprint density at radius 1 is 1.12 bits per heavy atom. The molecule has 0 radical (unpaired) electrons. The third-order valence-corrected chi connectivity index (χ3v) is 5.05. The number of halogens is 2. The van der Waals surface area contributed by atoms with Crippen molar-refractivity contribution in [2.45, 2.75) is 6.92 Å². The lowest BCUT2D eigenvalue weighted by atomic mass is 10.2. The summed E-state index contributed by atoms with van der Waals surface area (Å²) in [6.07, 6.45) is 1.81. The van der Waals surface area contributed by atoms with Gasteiger partial charge in [-0.3, -0.25) is 9.69 Å². The number of rotatable bonds is 3. The standard InChI is InChI=1S/C18H14Cl2N2OS/c1-2-22-17(23)16(11-12-5-3-4-6-15(12)20)24-18(22)21-14-9-7-13(19)8-10-14/h3-11H,2H2,1H3/b16-11+,21-18?. The van der Waals surface area contributed by atoms with Crippen molar-refractivity contribution in [1.29, 1.82) is 0 Å². The van der Waals surface area contributed by atoms with E-state index in [4.69, 9.17) is 23.2 Å². The average Bonchev–Trinajstić information content (AvgIpc) is 2.87. The summed E-state index contributed by atoms with van der Waals surface area (Å²) in [6, 6.07) is 14.6. The maximum absolute atomic E-state index is 12.6. The van der Waals surface area contributed by atoms with Crippen molar-refractivity contribution < 1.29 is 4.79 Å². The Balaban J connectivity index is 1.94. The molecule has 2 aromatic carbocycles. The monoisotopic (exact) mass is 376 g/mol. The van der Waals surface area contributed by atoms with Gasteiger partial charge in [-0.05, 0) is 60.7 Å². The van der Waals surface area contributed by atoms with Crippen LogP contribution >= 0.6 is 35.0 Å². The van der Waals surface area contributed by atoms with Crippen LogP contribution in [0.5, 0.6) is 0 Å². The summed E-state index contributed by atoms with van der Waals surface area (Å²) in [5.41, 5.74) is 1.57. The molecule has 1 amide bonds. The van der Waals surface area contributed by atoms with Crippen molar-refractivity contribution >= 4 is 57.8 Å². The number of carbonyl (C=O) groups excluding carboxylic acids is 1. The highest BCUT2D eigenvalue weighted by atomic mass is 35.5. The second-order valence-electron chi connectivity index (χ2n) is 5.05. The molecule has 122 valence electrons. The summed E-state index contributed by atoms with van der Waals surface area (Å²) in [5.74, 6) is -0.0601. The number of likely N-dealkylation sites (N-methyl/N-ethyl adjacent to an activating group) is 1. The zero-order valence-corrected chi connectivity index (χ0v) is 15.2. The highest BCUT2D eigenvalue weighted by Gasteiger charge is 2.32. The van der Waals surface area contributed by atoms with Gasteiger partial charge < -0.3 is 0 Å². The Labute approximate surface area is 155 Å². The van der Waals surface area contributed by atoms with E-state index in [2.05, 4.69) is 4.99 Å². The van der Waals surface area contributed by atoms with Gasteiger partial charge >= 0.3 is 0 Å². The number of nitrogens with zero attached hydrogens (tertiary/aromatic N) is 2. The van der Waals surface area contributed by atoms with E-state index in [1.54, 1.807) is 23.1 Å². The first-order valence-electron chi connectivity index (χ1n) is 7.38. The van der Waals surface area contributed by atoms with E-state index < -0.39 is 0 Å². The van der Waals surface area contributed by atoms with Gasteiger partial charge in [0.1, 0.15) is 0 Å². The van der Waals surface area contributed by atoms with E-state index in [0.29, 0.717) is 26.7 Å². The number of thioether (sulfide) groups is 1. The number of amides is 1. The number of aliphatic imine (C=N–C) groups is 1. The molecule has 2 aromatic rings. The molecular weight excluding hydrogens is 363 g/mol. The second kappa shape index (κ2) is 7.43. The van der Waals surface area contributed by atoms with Gasteiger partial charge in [-0.2, -0.15) is 0 Å². The van der Waals surface area contributed by atoms with Crippen LogP contribution in [0.2, 0.25) is 10.0 Å². The van der Waals surface area contributed by atoms with E-state index in [0.717, 1.165) is 11.3 Å². The first-order valence-corrected chi connectivity index (χ1v) is 8.96. The van der Waals surface area contributed by atoms with Crippen molar-refractivity contribution in [3.8, 4) is 0 Å². The van der Waals surface area contributed by atoms with E-state index in [9.17, 15) is 4.79 Å². The third-order valence-electron chi connectivity index (χ3n) is 3.45. The fraction of sp³-hybridized carbons (Fsp3) is 0.111. The molecule has 1 heterocycles. The van der Waals surface area contributed by atoms with Crippen molar-refractivity contribution in [2.24, 2.45) is 4.99 Å². The molecule has 0 N–H and O–H groups in total. The van der Waals surface area contributed by atoms with Gasteiger partial charge in [0.25, 0.3) is 5.91 Å². The number of hydrogen-bond acceptors (Lipinski definition) is 3. The number of amidine groups is 1. The summed E-state index contributed by atoms with van der Waals surface area (Å²) < 4.78 is 0. The predicted octanol–water partition coefficient (Wildman–Crippen LogP) is 5.62. The molecule has 1 fully saturated rings. The van der Waals surface area contributed by atoms with Gasteiger partial charge in [0.05, 0.1) is 10.6 Å². The minimum atomic E-state index is -0.0601. The van der Waals surface area contributed by atoms with Crippen LogP contribution in [-0.2, 0) is 4.79 Å². The molecule has 0 spiro atoms. The lowest BCUT2D eigenvalue weighted by Gasteiger charge is -2.11. The molecule has 3 rings (SSSR count). The zero-order chi connectivity index (χ0) is 17.1. The van der Waals surface area contributed by atoms with E-state index >= 15 is 0 Å². The zero-order valence-electron chi connectivity index (χ0n) is 12.9. The summed E-state index contributed by atoms with van der Waals surface area (Å²) in [6.45, 7) is 2.48. The minimum Gasteiger partial charge on any atom is -0.287 e. The van der Waals surface area contributed by atoms with Gasteiger partial charge in [0, 0.05) is 16.6 Å². The van der Waals surface area contributed by atoms with Crippen LogP contribution in [0.1, 0.15) is 12.5 Å². The molecule has 1 saturated heterocycles. The molecule has 0 bridgehead atoms. The van der Waals surface area contributed by atoms with Crippen LogP contribution in [-0.4, -0.2) is 22.5 Å². The smallest absolute Gasteiger partial charge is 0.266 e. The van der Waals surface area contributed by atoms with Crippen LogP contribution in [0.25, 0.3) is 6.08 Å². The molecular formula is C18H14Cl2N2OS. The maximum Gasteiger partial charge on any atom is 0.266 e. The predicted molar refractivity (Wildman–Crippen MR) is 103 cm³/mol. The molecule has 6 heteroatoms. The van der Waals surface area contributed by atoms with Gasteiger partial charge in [-0.15, -0.1) is 0 Å². The fourth-order valence-corrected chi connectivity index (χ4v) is 3.60. The minimum absolute atomic E-state index is 0.0601. The molecule has 0 aliphatic carbocycles. The van der Waals surface area contributed by atoms with Crippen LogP contribution in [0.4, 0.5) is 5.69 Å². The Hall–Kier alpha value is -1.75. The van der Waals surface area contributed by atoms with Crippen molar-refractivity contribution in [1.82, 2.24) is 4.90 Å². The largest absolute Gasteiger partial charge is 0.287 e. The van der Waals surface area contributed by atoms with Crippen LogP contribution in [0.15, 0.2) is 58.4 Å². The fourth-order valence-electron chi connectivity index (χ4n) is 2.23. The molecule has 0 aromatic heterocycles. The molecule has 1 aliphatic heterocycles. The first-order chi connectivity index (χ1) is 11.6. The normalized spacial score (nSPS) is 18.0. The summed E-state index contributed by atoms with van der Waals surface area (Å²) in [5, 5.41) is 1.92. The first kappa shape index (κ1) is 17.1. The van der Waals surface area contributed by atoms with Gasteiger partial charge in [-0.1, -0.05) is 41.4 Å². The molecule has 1 aliphatic rings. The lowest BCUT2D eigenvalue weighted by Crippen LogP contribution is -2.28. The van der Waals surface area contributed by atoms with Crippen molar-refractivity contribution in [3.63, 3.8) is 0 Å². The second-order valence-corrected chi connectivity index (χ2v) is 6.91. The topological polar surface area (TPSA) is 32.7 Å². The summed E-state index contributed by atoms with van der Waals surface area (Å²) in [7, 11) is 0. The Morgan fingerprint density at radius 2 is 1.83 bits per heavy atom. The van der Waals surface area contributed by atoms with Gasteiger partial charge in [0.15, 0.2) is 5.17 Å². The quantitative estimate of drug-likeness (QED) is 0.651. The van der Waals surface area contributed by atoms with Crippen LogP contribution in [0, 0.1) is 0 Å². The third kappa shape index (κ3) is 3.66. The van der Waals surface area contributed by atoms with E-state index in [1.807, 2.05) is 43.3 Å². The van der Waals surface area contributed by atoms with Gasteiger partial charge in [-0.25, -0.2) is 4.99 Å². The highest BCUT2D eigenvalue weighted by Crippen LogP contribution is 2.35. The molecule has 0 saturated carbocycles. The Kier molecular flexibility index (Phi) is 5.29. The van der Waals surface area contributed by atoms with E-state index in [1.165, 1.54) is 11.8 Å². The van der Waals surface area contributed by atoms with E-state index in [-0.39, 0.29) is 5.91 Å². The van der Waals surface area contributed by atoms with Crippen LogP contribution < -0.4 is 0 Å². The number of benzene rings is 2. The molecule has 24 heavy (non-hydrogen) atoms. The SMILES string of the molecule is CCN1C(=O)/C(=C\c2ccccc2Cl)SC1=Nc1ccc(Cl)cc1. The molecule has 3 nitrogen and oxygen atoms in total. The Bertz CT molecular complexity index is 831. The molecule has 0 unspecified atom stereocenters. The summed E-state index contributed by atoms with van der Waals surface area (Å²) in [4.78, 5) is 19.4. The van der Waals surface area contributed by atoms with Gasteiger partial charge in [0.2, 0.25) is 0 Å². The Morgan fingerprint density at radius 3 is 2.50 bits per heavy atom. The summed E-state index contributed by atoms with van der Waals surface area (Å²) >= 11 is 13.4. The number of carbonyl (C=O) groups is 1. The number of hydrogen-bond donors (Lipinski definition) is 0. The maximum atomic E-state index is 12.6. The molecule has 0 atom stereocenters. The van der Waals surface area contributed by atoms with Crippen molar-refractivity contribution in [3.05, 3.63) is 69.0 Å². The average molecular weight is 377 g/mol.